The first-order valence-corrected chi connectivity index (χ1v) is 11.6. The van der Waals surface area contributed by atoms with Gasteiger partial charge in [0.2, 0.25) is 0 Å². The zero-order valence-corrected chi connectivity index (χ0v) is 19.8. The second-order valence-corrected chi connectivity index (χ2v) is 8.91. The zero-order chi connectivity index (χ0) is 24.6. The Morgan fingerprint density at radius 1 is 1.06 bits per heavy atom. The van der Waals surface area contributed by atoms with Gasteiger partial charge in [-0.3, -0.25) is 10.2 Å². The fourth-order valence-corrected chi connectivity index (χ4v) is 4.32. The third-order valence-corrected chi connectivity index (χ3v) is 6.09. The van der Waals surface area contributed by atoms with E-state index < -0.39 is 0 Å². The third-order valence-electron chi connectivity index (χ3n) is 6.09. The third kappa shape index (κ3) is 4.07. The first-order chi connectivity index (χ1) is 17.5. The minimum Gasteiger partial charge on any atom is -0.384 e. The van der Waals surface area contributed by atoms with Crippen LogP contribution in [0.4, 0.5) is 10.1 Å². The molecule has 0 spiro atoms. The van der Waals surface area contributed by atoms with Gasteiger partial charge in [0.25, 0.3) is 0 Å². The number of halogens is 1. The average Bonchev–Trinajstić information content (AvgIpc) is 3.62. The lowest BCUT2D eigenvalue weighted by Gasteiger charge is -2.13. The Labute approximate surface area is 205 Å². The van der Waals surface area contributed by atoms with Crippen molar-refractivity contribution in [1.82, 2.24) is 40.2 Å². The summed E-state index contributed by atoms with van der Waals surface area (Å²) >= 11 is 0. The maximum atomic E-state index is 14.6. The van der Waals surface area contributed by atoms with Crippen molar-refractivity contribution in [1.29, 1.82) is 0 Å². The largest absolute Gasteiger partial charge is 0.384 e. The quantitative estimate of drug-likeness (QED) is 0.263. The molecule has 0 amide bonds. The number of aromatic nitrogens is 7. The van der Waals surface area contributed by atoms with Gasteiger partial charge in [0.15, 0.2) is 0 Å². The molecule has 5 aromatic heterocycles. The maximum Gasteiger partial charge on any atom is 0.138 e. The molecule has 0 atom stereocenters. The maximum absolute atomic E-state index is 14.6. The van der Waals surface area contributed by atoms with Crippen molar-refractivity contribution in [2.75, 3.05) is 32.5 Å². The summed E-state index contributed by atoms with van der Waals surface area (Å²) in [6.07, 6.45) is 5.26. The molecule has 0 unspecified atom stereocenters. The van der Waals surface area contributed by atoms with E-state index in [1.165, 1.54) is 6.07 Å². The van der Waals surface area contributed by atoms with Gasteiger partial charge in [-0.15, -0.1) is 0 Å². The molecule has 36 heavy (non-hydrogen) atoms. The molecule has 9 nitrogen and oxygen atoms in total. The molecular weight excluding hydrogens is 457 g/mol. The molecule has 0 saturated carbocycles. The van der Waals surface area contributed by atoms with E-state index in [1.54, 1.807) is 24.7 Å². The predicted octanol–water partition coefficient (Wildman–Crippen LogP) is 4.67. The number of pyridine rings is 2. The summed E-state index contributed by atoms with van der Waals surface area (Å²) in [5.74, 6) is -0.296. The Balaban J connectivity index is 1.41. The number of fused-ring (bicyclic) bond motifs is 2. The van der Waals surface area contributed by atoms with Crippen molar-refractivity contribution >= 4 is 27.8 Å². The van der Waals surface area contributed by atoms with Crippen molar-refractivity contribution in [3.8, 4) is 33.8 Å². The van der Waals surface area contributed by atoms with Gasteiger partial charge < -0.3 is 15.2 Å². The number of hydrogen-bond acceptors (Lipinski definition) is 6. The number of anilines is 1. The Morgan fingerprint density at radius 2 is 1.97 bits per heavy atom. The van der Waals surface area contributed by atoms with Gasteiger partial charge in [-0.1, -0.05) is 0 Å². The molecule has 6 aromatic rings. The number of hydrogen-bond donors (Lipinski definition) is 4. The molecule has 180 valence electrons. The number of benzene rings is 1. The van der Waals surface area contributed by atoms with E-state index >= 15 is 0 Å². The van der Waals surface area contributed by atoms with Crippen LogP contribution in [0.1, 0.15) is 0 Å². The van der Waals surface area contributed by atoms with Crippen LogP contribution in [-0.2, 0) is 0 Å². The van der Waals surface area contributed by atoms with Crippen LogP contribution in [0.25, 0.3) is 55.8 Å². The van der Waals surface area contributed by atoms with Crippen LogP contribution in [0.2, 0.25) is 0 Å². The molecule has 0 aliphatic rings. The van der Waals surface area contributed by atoms with Crippen LogP contribution in [0.5, 0.6) is 0 Å². The van der Waals surface area contributed by atoms with Gasteiger partial charge in [-0.05, 0) is 67.7 Å². The molecule has 0 fully saturated rings. The summed E-state index contributed by atoms with van der Waals surface area (Å²) in [5.41, 5.74) is 7.78. The summed E-state index contributed by atoms with van der Waals surface area (Å²) in [5, 5.41) is 18.6. The van der Waals surface area contributed by atoms with E-state index in [-0.39, 0.29) is 5.82 Å². The van der Waals surface area contributed by atoms with Crippen LogP contribution in [0, 0.1) is 5.82 Å². The first kappa shape index (κ1) is 21.9. The van der Waals surface area contributed by atoms with Crippen LogP contribution in [-0.4, -0.2) is 67.4 Å². The van der Waals surface area contributed by atoms with Gasteiger partial charge in [-0.2, -0.15) is 10.2 Å². The molecule has 10 heteroatoms. The first-order valence-electron chi connectivity index (χ1n) is 11.6. The molecule has 0 aliphatic carbocycles. The molecular formula is C26H24FN9. The summed E-state index contributed by atoms with van der Waals surface area (Å²) in [6.45, 7) is 1.57. The highest BCUT2D eigenvalue weighted by Gasteiger charge is 2.16. The summed E-state index contributed by atoms with van der Waals surface area (Å²) in [6, 6.07) is 12.8. The predicted molar refractivity (Wildman–Crippen MR) is 139 cm³/mol. The van der Waals surface area contributed by atoms with Gasteiger partial charge >= 0.3 is 0 Å². The molecule has 0 saturated heterocycles. The van der Waals surface area contributed by atoms with Crippen molar-refractivity contribution in [3.05, 3.63) is 66.9 Å². The highest BCUT2D eigenvalue weighted by molar-refractivity contribution is 5.99. The summed E-state index contributed by atoms with van der Waals surface area (Å²) in [4.78, 5) is 14.8. The minimum atomic E-state index is -0.296. The molecule has 0 bridgehead atoms. The fraction of sp³-hybridized carbons (Fsp3) is 0.154. The Morgan fingerprint density at radius 3 is 2.81 bits per heavy atom. The van der Waals surface area contributed by atoms with Gasteiger partial charge in [-0.25, -0.2) is 14.4 Å². The molecule has 1 aromatic carbocycles. The number of nitrogens with zero attached hydrogens (tertiary/aromatic N) is 5. The van der Waals surface area contributed by atoms with E-state index in [0.29, 0.717) is 11.3 Å². The molecule has 5 heterocycles. The van der Waals surface area contributed by atoms with Gasteiger partial charge in [0, 0.05) is 42.1 Å². The Hall–Kier alpha value is -4.57. The standard InChI is InChI=1S/C26H24FN9/c1-36(2)8-7-28-18-10-15(9-17(27)11-18)19-5-6-29-26-20(19)12-23(33-26)25-24-22(34-35-25)4-3-21(32-24)16-13-30-31-14-16/h3-6,9-14,28H,7-8H2,1-2H3,(H,29,33)(H,30,31)(H,34,35). The highest BCUT2D eigenvalue weighted by Crippen LogP contribution is 2.34. The Bertz CT molecular complexity index is 1660. The molecule has 6 rings (SSSR count). The lowest BCUT2D eigenvalue weighted by molar-refractivity contribution is 0.425. The van der Waals surface area contributed by atoms with E-state index in [4.69, 9.17) is 4.98 Å². The number of aromatic amines is 3. The van der Waals surface area contributed by atoms with Crippen LogP contribution >= 0.6 is 0 Å². The zero-order valence-electron chi connectivity index (χ0n) is 19.8. The highest BCUT2D eigenvalue weighted by atomic mass is 19.1. The fourth-order valence-electron chi connectivity index (χ4n) is 4.32. The number of nitrogens with one attached hydrogen (secondary N) is 4. The van der Waals surface area contributed by atoms with Gasteiger partial charge in [0.1, 0.15) is 22.7 Å². The van der Waals surface area contributed by atoms with E-state index in [1.807, 2.05) is 44.4 Å². The Kier molecular flexibility index (Phi) is 5.42. The van der Waals surface area contributed by atoms with Crippen LogP contribution < -0.4 is 5.32 Å². The number of likely N-dealkylation sites (N-methyl/N-ethyl adjacent to an activating group) is 1. The summed E-state index contributed by atoms with van der Waals surface area (Å²) in [7, 11) is 4.01. The van der Waals surface area contributed by atoms with Gasteiger partial charge in [0.05, 0.1) is 23.1 Å². The normalized spacial score (nSPS) is 11.7. The lowest BCUT2D eigenvalue weighted by atomic mass is 10.0. The van der Waals surface area contributed by atoms with E-state index in [9.17, 15) is 4.39 Å². The van der Waals surface area contributed by atoms with Crippen molar-refractivity contribution < 1.29 is 4.39 Å². The van der Waals surface area contributed by atoms with Crippen molar-refractivity contribution in [2.45, 2.75) is 0 Å². The number of rotatable bonds is 7. The molecule has 4 N–H and O–H groups in total. The topological polar surface area (TPSA) is 114 Å². The minimum absolute atomic E-state index is 0.296. The van der Waals surface area contributed by atoms with Crippen LogP contribution in [0.15, 0.2) is 61.1 Å². The second-order valence-electron chi connectivity index (χ2n) is 8.91. The molecule has 0 aliphatic heterocycles. The lowest BCUT2D eigenvalue weighted by Crippen LogP contribution is -2.20. The average molecular weight is 482 g/mol. The molecule has 0 radical (unpaired) electrons. The number of H-pyrrole nitrogens is 3. The van der Waals surface area contributed by atoms with Crippen molar-refractivity contribution in [3.63, 3.8) is 0 Å². The smallest absolute Gasteiger partial charge is 0.138 e. The van der Waals surface area contributed by atoms with Crippen molar-refractivity contribution in [2.24, 2.45) is 0 Å². The summed E-state index contributed by atoms with van der Waals surface area (Å²) < 4.78 is 14.6. The SMILES string of the molecule is CN(C)CCNc1cc(F)cc(-c2ccnc3[nH]c(-c4n[nH]c5ccc(-c6cn[nH]c6)nc45)cc23)c1. The van der Waals surface area contributed by atoms with E-state index in [0.717, 1.165) is 63.3 Å². The van der Waals surface area contributed by atoms with E-state index in [2.05, 4.69) is 40.6 Å². The second kappa shape index (κ2) is 8.90. The van der Waals surface area contributed by atoms with Crippen LogP contribution in [0.3, 0.4) is 0 Å². The monoisotopic (exact) mass is 481 g/mol.